The van der Waals surface area contributed by atoms with E-state index in [0.29, 0.717) is 17.5 Å². The van der Waals surface area contributed by atoms with Crippen molar-refractivity contribution >= 4 is 5.96 Å². The highest BCUT2D eigenvalue weighted by molar-refractivity contribution is 5.79. The van der Waals surface area contributed by atoms with Crippen LogP contribution in [-0.2, 0) is 22.6 Å². The Bertz CT molecular complexity index is 601. The third-order valence-electron chi connectivity index (χ3n) is 5.37. The molecule has 0 unspecified atom stereocenters. The maximum atomic E-state index is 13.7. The van der Waals surface area contributed by atoms with Gasteiger partial charge in [0.25, 0.3) is 0 Å². The molecule has 0 amide bonds. The standard InChI is InChI=1S/C21H34FN3O2/c1-4-27-12-11-21(9-5-6-10-21)16-25-20(23-2)24-14-17-7-8-19(22)18(13-17)15-26-3/h7-8,13H,4-6,9-12,14-16H2,1-3H3,(H2,23,24,25). The van der Waals surface area contributed by atoms with Crippen molar-refractivity contribution in [1.82, 2.24) is 10.6 Å². The SMILES string of the molecule is CCOCCC1(CNC(=NC)NCc2ccc(F)c(COC)c2)CCCC1. The molecule has 0 saturated heterocycles. The zero-order valence-corrected chi connectivity index (χ0v) is 16.9. The van der Waals surface area contributed by atoms with Gasteiger partial charge in [-0.3, -0.25) is 4.99 Å². The van der Waals surface area contributed by atoms with Crippen molar-refractivity contribution < 1.29 is 13.9 Å². The molecule has 0 aromatic heterocycles. The lowest BCUT2D eigenvalue weighted by Gasteiger charge is -2.30. The van der Waals surface area contributed by atoms with Crippen molar-refractivity contribution in [2.45, 2.75) is 52.2 Å². The van der Waals surface area contributed by atoms with Gasteiger partial charge in [-0.15, -0.1) is 0 Å². The fourth-order valence-corrected chi connectivity index (χ4v) is 3.75. The van der Waals surface area contributed by atoms with E-state index in [1.807, 2.05) is 13.0 Å². The van der Waals surface area contributed by atoms with Crippen LogP contribution in [0.5, 0.6) is 0 Å². The van der Waals surface area contributed by atoms with Crippen LogP contribution in [0.1, 0.15) is 50.2 Å². The normalized spacial score (nSPS) is 16.5. The number of methoxy groups -OCH3 is 1. The van der Waals surface area contributed by atoms with Crippen molar-refractivity contribution in [3.8, 4) is 0 Å². The molecule has 0 heterocycles. The number of hydrogen-bond acceptors (Lipinski definition) is 3. The summed E-state index contributed by atoms with van der Waals surface area (Å²) in [5, 5.41) is 6.81. The van der Waals surface area contributed by atoms with Gasteiger partial charge in [0, 0.05) is 46.0 Å². The Kier molecular flexibility index (Phi) is 9.01. The maximum Gasteiger partial charge on any atom is 0.191 e. The summed E-state index contributed by atoms with van der Waals surface area (Å²) in [6.45, 7) is 5.39. The number of nitrogens with one attached hydrogen (secondary N) is 2. The number of ether oxygens (including phenoxy) is 2. The van der Waals surface area contributed by atoms with Gasteiger partial charge in [0.2, 0.25) is 0 Å². The Balaban J connectivity index is 1.87. The highest BCUT2D eigenvalue weighted by Gasteiger charge is 2.33. The lowest BCUT2D eigenvalue weighted by atomic mass is 9.83. The molecular weight excluding hydrogens is 345 g/mol. The predicted molar refractivity (Wildman–Crippen MR) is 107 cm³/mol. The summed E-state index contributed by atoms with van der Waals surface area (Å²) < 4.78 is 24.4. The van der Waals surface area contributed by atoms with E-state index in [0.717, 1.165) is 37.7 Å². The second-order valence-corrected chi connectivity index (χ2v) is 7.29. The number of rotatable bonds is 10. The Morgan fingerprint density at radius 3 is 2.70 bits per heavy atom. The largest absolute Gasteiger partial charge is 0.382 e. The van der Waals surface area contributed by atoms with Crippen molar-refractivity contribution in [3.63, 3.8) is 0 Å². The molecule has 1 aromatic rings. The van der Waals surface area contributed by atoms with Crippen molar-refractivity contribution in [2.24, 2.45) is 10.4 Å². The van der Waals surface area contributed by atoms with Crippen LogP contribution in [0, 0.1) is 11.2 Å². The smallest absolute Gasteiger partial charge is 0.191 e. The molecule has 1 aromatic carbocycles. The van der Waals surface area contributed by atoms with Crippen molar-refractivity contribution in [2.75, 3.05) is 33.9 Å². The van der Waals surface area contributed by atoms with E-state index >= 15 is 0 Å². The van der Waals surface area contributed by atoms with E-state index in [1.54, 1.807) is 20.2 Å². The van der Waals surface area contributed by atoms with Crippen LogP contribution in [0.2, 0.25) is 0 Å². The number of halogens is 1. The molecule has 0 bridgehead atoms. The van der Waals surface area contributed by atoms with Crippen LogP contribution in [0.25, 0.3) is 0 Å². The number of aliphatic imine (C=N–C) groups is 1. The van der Waals surface area contributed by atoms with Crippen LogP contribution < -0.4 is 10.6 Å². The zero-order valence-electron chi connectivity index (χ0n) is 16.9. The van der Waals surface area contributed by atoms with E-state index < -0.39 is 0 Å². The Labute approximate surface area is 162 Å². The molecule has 6 heteroatoms. The van der Waals surface area contributed by atoms with Crippen LogP contribution in [0.4, 0.5) is 4.39 Å². The fourth-order valence-electron chi connectivity index (χ4n) is 3.75. The fraction of sp³-hybridized carbons (Fsp3) is 0.667. The molecule has 2 rings (SSSR count). The molecule has 2 N–H and O–H groups in total. The average Bonchev–Trinajstić information content (AvgIpc) is 3.14. The molecule has 0 atom stereocenters. The molecule has 27 heavy (non-hydrogen) atoms. The van der Waals surface area contributed by atoms with Gasteiger partial charge in [-0.05, 0) is 49.3 Å². The van der Waals surface area contributed by atoms with Crippen LogP contribution >= 0.6 is 0 Å². The van der Waals surface area contributed by atoms with Crippen LogP contribution in [0.15, 0.2) is 23.2 Å². The summed E-state index contributed by atoms with van der Waals surface area (Å²) in [6.07, 6.45) is 6.14. The molecule has 0 aliphatic heterocycles. The molecule has 152 valence electrons. The highest BCUT2D eigenvalue weighted by Crippen LogP contribution is 2.40. The van der Waals surface area contributed by atoms with E-state index in [-0.39, 0.29) is 12.4 Å². The average molecular weight is 380 g/mol. The molecular formula is C21H34FN3O2. The quantitative estimate of drug-likeness (QED) is 0.370. The Hall–Kier alpha value is -1.66. The van der Waals surface area contributed by atoms with Gasteiger partial charge in [0.15, 0.2) is 5.96 Å². The van der Waals surface area contributed by atoms with E-state index in [2.05, 4.69) is 15.6 Å². The Morgan fingerprint density at radius 1 is 1.26 bits per heavy atom. The van der Waals surface area contributed by atoms with E-state index in [4.69, 9.17) is 9.47 Å². The summed E-state index contributed by atoms with van der Waals surface area (Å²) >= 11 is 0. The van der Waals surface area contributed by atoms with Gasteiger partial charge >= 0.3 is 0 Å². The van der Waals surface area contributed by atoms with Gasteiger partial charge in [0.05, 0.1) is 6.61 Å². The lowest BCUT2D eigenvalue weighted by Crippen LogP contribution is -2.43. The van der Waals surface area contributed by atoms with Crippen molar-refractivity contribution in [1.29, 1.82) is 0 Å². The predicted octanol–water partition coefficient (Wildman–Crippen LogP) is 3.62. The number of benzene rings is 1. The first-order chi connectivity index (χ1) is 13.1. The van der Waals surface area contributed by atoms with Gasteiger partial charge in [-0.1, -0.05) is 18.9 Å². The summed E-state index contributed by atoms with van der Waals surface area (Å²) in [7, 11) is 3.35. The monoisotopic (exact) mass is 379 g/mol. The molecule has 5 nitrogen and oxygen atoms in total. The Morgan fingerprint density at radius 2 is 2.04 bits per heavy atom. The number of guanidine groups is 1. The topological polar surface area (TPSA) is 54.9 Å². The molecule has 1 saturated carbocycles. The molecule has 0 radical (unpaired) electrons. The van der Waals surface area contributed by atoms with Crippen molar-refractivity contribution in [3.05, 3.63) is 35.1 Å². The molecule has 0 spiro atoms. The third kappa shape index (κ3) is 6.78. The summed E-state index contributed by atoms with van der Waals surface area (Å²) in [4.78, 5) is 4.33. The molecule has 1 aliphatic carbocycles. The van der Waals surface area contributed by atoms with E-state index in [9.17, 15) is 4.39 Å². The lowest BCUT2D eigenvalue weighted by molar-refractivity contribution is 0.105. The molecule has 1 fully saturated rings. The van der Waals surface area contributed by atoms with Gasteiger partial charge in [-0.2, -0.15) is 0 Å². The van der Waals surface area contributed by atoms with Crippen LogP contribution in [-0.4, -0.2) is 39.9 Å². The molecule has 1 aliphatic rings. The zero-order chi connectivity index (χ0) is 19.5. The third-order valence-corrected chi connectivity index (χ3v) is 5.37. The van der Waals surface area contributed by atoms with Gasteiger partial charge in [0.1, 0.15) is 5.82 Å². The minimum Gasteiger partial charge on any atom is -0.382 e. The van der Waals surface area contributed by atoms with E-state index in [1.165, 1.54) is 31.7 Å². The first kappa shape index (κ1) is 21.6. The first-order valence-corrected chi connectivity index (χ1v) is 9.91. The second kappa shape index (κ2) is 11.2. The van der Waals surface area contributed by atoms with Gasteiger partial charge < -0.3 is 20.1 Å². The maximum absolute atomic E-state index is 13.7. The number of hydrogen-bond donors (Lipinski definition) is 2. The summed E-state index contributed by atoms with van der Waals surface area (Å²) in [5.41, 5.74) is 1.87. The van der Waals surface area contributed by atoms with Crippen LogP contribution in [0.3, 0.4) is 0 Å². The number of nitrogens with zero attached hydrogens (tertiary/aromatic N) is 1. The highest BCUT2D eigenvalue weighted by atomic mass is 19.1. The minimum absolute atomic E-state index is 0.236. The summed E-state index contributed by atoms with van der Waals surface area (Å²) in [6, 6.07) is 5.11. The minimum atomic E-state index is -0.236. The first-order valence-electron chi connectivity index (χ1n) is 9.91. The second-order valence-electron chi connectivity index (χ2n) is 7.29. The summed E-state index contributed by atoms with van der Waals surface area (Å²) in [5.74, 6) is 0.538. The van der Waals surface area contributed by atoms with Gasteiger partial charge in [-0.25, -0.2) is 4.39 Å².